The normalized spacial score (nSPS) is 16.3. The highest BCUT2D eigenvalue weighted by atomic mass is 16.3. The molecule has 2 aromatic rings. The van der Waals surface area contributed by atoms with Crippen LogP contribution in [-0.4, -0.2) is 36.3 Å². The molecule has 0 aliphatic carbocycles. The second-order valence-electron chi connectivity index (χ2n) is 6.86. The van der Waals surface area contributed by atoms with E-state index in [4.69, 9.17) is 4.42 Å². The van der Waals surface area contributed by atoms with Gasteiger partial charge in [-0.25, -0.2) is 0 Å². The zero-order valence-electron chi connectivity index (χ0n) is 15.2. The zero-order chi connectivity index (χ0) is 18.4. The van der Waals surface area contributed by atoms with E-state index in [1.54, 1.807) is 6.07 Å². The first-order chi connectivity index (χ1) is 12.7. The van der Waals surface area contributed by atoms with Gasteiger partial charge in [-0.3, -0.25) is 9.59 Å². The van der Waals surface area contributed by atoms with Crippen LogP contribution in [0.25, 0.3) is 0 Å². The summed E-state index contributed by atoms with van der Waals surface area (Å²) < 4.78 is 4.99. The molecule has 1 aromatic carbocycles. The quantitative estimate of drug-likeness (QED) is 0.864. The third-order valence-corrected chi connectivity index (χ3v) is 5.16. The summed E-state index contributed by atoms with van der Waals surface area (Å²) in [5, 5.41) is 3.12. The molecule has 2 amide bonds. The van der Waals surface area contributed by atoms with E-state index in [2.05, 4.69) is 5.32 Å². The van der Waals surface area contributed by atoms with Crippen molar-refractivity contribution >= 4 is 11.8 Å². The van der Waals surface area contributed by atoms with Crippen LogP contribution in [0.5, 0.6) is 0 Å². The first-order valence-electron chi connectivity index (χ1n) is 9.33. The first kappa shape index (κ1) is 18.2. The number of benzene rings is 1. The molecule has 1 aliphatic heterocycles. The van der Waals surface area contributed by atoms with Gasteiger partial charge in [-0.1, -0.05) is 37.3 Å². The summed E-state index contributed by atoms with van der Waals surface area (Å²) in [4.78, 5) is 26.7. The number of likely N-dealkylation sites (tertiary alicyclic amines) is 1. The van der Waals surface area contributed by atoms with E-state index >= 15 is 0 Å². The van der Waals surface area contributed by atoms with Crippen LogP contribution < -0.4 is 5.32 Å². The van der Waals surface area contributed by atoms with Crippen molar-refractivity contribution in [3.05, 3.63) is 60.1 Å². The molecule has 1 unspecified atom stereocenters. The van der Waals surface area contributed by atoms with Gasteiger partial charge in [0.15, 0.2) is 0 Å². The van der Waals surface area contributed by atoms with Crippen molar-refractivity contribution in [2.75, 3.05) is 19.6 Å². The van der Waals surface area contributed by atoms with Crippen LogP contribution in [0.4, 0.5) is 0 Å². The Morgan fingerprint density at radius 2 is 1.92 bits per heavy atom. The number of rotatable bonds is 6. The molecule has 1 saturated heterocycles. The van der Waals surface area contributed by atoms with Gasteiger partial charge in [0.25, 0.3) is 5.91 Å². The predicted octanol–water partition coefficient (Wildman–Crippen LogP) is 3.44. The Balaban J connectivity index is 1.46. The molecular formula is C21H26N2O3. The molecule has 0 bridgehead atoms. The van der Waals surface area contributed by atoms with Crippen LogP contribution in [0.3, 0.4) is 0 Å². The average Bonchev–Trinajstić information content (AvgIpc) is 3.22. The number of amides is 2. The lowest BCUT2D eigenvalue weighted by Crippen LogP contribution is -2.42. The van der Waals surface area contributed by atoms with E-state index in [9.17, 15) is 9.59 Å². The van der Waals surface area contributed by atoms with Crippen molar-refractivity contribution in [2.24, 2.45) is 5.92 Å². The second kappa shape index (κ2) is 8.70. The molecule has 138 valence electrons. The number of hydrogen-bond acceptors (Lipinski definition) is 3. The van der Waals surface area contributed by atoms with Crippen molar-refractivity contribution in [1.29, 1.82) is 0 Å². The van der Waals surface area contributed by atoms with Crippen LogP contribution in [0.2, 0.25) is 0 Å². The van der Waals surface area contributed by atoms with Crippen LogP contribution in [0.15, 0.2) is 53.3 Å². The van der Waals surface area contributed by atoms with E-state index in [0.717, 1.165) is 37.9 Å². The van der Waals surface area contributed by atoms with Crippen LogP contribution in [-0.2, 0) is 4.79 Å². The van der Waals surface area contributed by atoms with Gasteiger partial charge in [0.05, 0.1) is 17.7 Å². The van der Waals surface area contributed by atoms with Gasteiger partial charge >= 0.3 is 0 Å². The van der Waals surface area contributed by atoms with Gasteiger partial charge in [-0.05, 0) is 36.8 Å². The Morgan fingerprint density at radius 3 is 2.54 bits per heavy atom. The SMILES string of the molecule is CCC(C(=O)NCC1CCN(C(=O)c2ccoc2)CC1)c1ccccc1. The minimum absolute atomic E-state index is 0.0244. The number of carbonyl (C=O) groups is 2. The van der Waals surface area contributed by atoms with Crippen molar-refractivity contribution in [2.45, 2.75) is 32.1 Å². The molecule has 0 radical (unpaired) electrons. The van der Waals surface area contributed by atoms with Crippen molar-refractivity contribution in [3.8, 4) is 0 Å². The summed E-state index contributed by atoms with van der Waals surface area (Å²) in [5.41, 5.74) is 1.67. The largest absolute Gasteiger partial charge is 0.472 e. The molecule has 1 fully saturated rings. The summed E-state index contributed by atoms with van der Waals surface area (Å²) in [6.07, 6.45) is 5.61. The molecule has 5 heteroatoms. The summed E-state index contributed by atoms with van der Waals surface area (Å²) in [7, 11) is 0. The van der Waals surface area contributed by atoms with E-state index in [1.165, 1.54) is 12.5 Å². The van der Waals surface area contributed by atoms with Crippen LogP contribution in [0, 0.1) is 5.92 Å². The lowest BCUT2D eigenvalue weighted by atomic mass is 9.93. The Bertz CT molecular complexity index is 704. The lowest BCUT2D eigenvalue weighted by Gasteiger charge is -2.32. The second-order valence-corrected chi connectivity index (χ2v) is 6.86. The minimum Gasteiger partial charge on any atom is -0.472 e. The number of carbonyl (C=O) groups excluding carboxylic acids is 2. The molecule has 1 aliphatic rings. The first-order valence-corrected chi connectivity index (χ1v) is 9.33. The standard InChI is InChI=1S/C21H26N2O3/c1-2-19(17-6-4-3-5-7-17)20(24)22-14-16-8-11-23(12-9-16)21(25)18-10-13-26-15-18/h3-7,10,13,15-16,19H,2,8-9,11-12,14H2,1H3,(H,22,24). The third kappa shape index (κ3) is 4.34. The van der Waals surface area contributed by atoms with E-state index in [0.29, 0.717) is 18.0 Å². The maximum Gasteiger partial charge on any atom is 0.257 e. The molecule has 2 heterocycles. The number of furan rings is 1. The lowest BCUT2D eigenvalue weighted by molar-refractivity contribution is -0.122. The fourth-order valence-corrected chi connectivity index (χ4v) is 3.53. The van der Waals surface area contributed by atoms with Crippen LogP contribution in [0.1, 0.15) is 48.0 Å². The molecule has 3 rings (SSSR count). The molecule has 0 saturated carbocycles. The van der Waals surface area contributed by atoms with Gasteiger partial charge < -0.3 is 14.6 Å². The highest BCUT2D eigenvalue weighted by molar-refractivity contribution is 5.93. The number of hydrogen-bond donors (Lipinski definition) is 1. The van der Waals surface area contributed by atoms with Gasteiger partial charge in [0.2, 0.25) is 5.91 Å². The summed E-state index contributed by atoms with van der Waals surface area (Å²) >= 11 is 0. The van der Waals surface area contributed by atoms with Gasteiger partial charge in [-0.2, -0.15) is 0 Å². The summed E-state index contributed by atoms with van der Waals surface area (Å²) in [5.74, 6) is 0.437. The van der Waals surface area contributed by atoms with E-state index in [-0.39, 0.29) is 17.7 Å². The molecule has 0 spiro atoms. The van der Waals surface area contributed by atoms with Gasteiger partial charge in [-0.15, -0.1) is 0 Å². The molecule has 1 N–H and O–H groups in total. The van der Waals surface area contributed by atoms with E-state index < -0.39 is 0 Å². The third-order valence-electron chi connectivity index (χ3n) is 5.16. The minimum atomic E-state index is -0.0982. The van der Waals surface area contributed by atoms with Gasteiger partial charge in [0, 0.05) is 19.6 Å². The Kier molecular flexibility index (Phi) is 6.10. The smallest absolute Gasteiger partial charge is 0.257 e. The maximum atomic E-state index is 12.6. The Hall–Kier alpha value is -2.56. The van der Waals surface area contributed by atoms with Gasteiger partial charge in [0.1, 0.15) is 6.26 Å². The predicted molar refractivity (Wildman–Crippen MR) is 99.8 cm³/mol. The Morgan fingerprint density at radius 1 is 1.19 bits per heavy atom. The number of nitrogens with one attached hydrogen (secondary N) is 1. The van der Waals surface area contributed by atoms with Crippen molar-refractivity contribution < 1.29 is 14.0 Å². The van der Waals surface area contributed by atoms with Crippen molar-refractivity contribution in [3.63, 3.8) is 0 Å². The highest BCUT2D eigenvalue weighted by Gasteiger charge is 2.25. The maximum absolute atomic E-state index is 12.6. The molecule has 1 aromatic heterocycles. The fraction of sp³-hybridized carbons (Fsp3) is 0.429. The zero-order valence-corrected chi connectivity index (χ0v) is 15.2. The monoisotopic (exact) mass is 354 g/mol. The number of piperidine rings is 1. The van der Waals surface area contributed by atoms with E-state index in [1.807, 2.05) is 42.2 Å². The molecule has 1 atom stereocenters. The molecule has 5 nitrogen and oxygen atoms in total. The van der Waals surface area contributed by atoms with Crippen LogP contribution >= 0.6 is 0 Å². The highest BCUT2D eigenvalue weighted by Crippen LogP contribution is 2.21. The topological polar surface area (TPSA) is 62.6 Å². The molecule has 26 heavy (non-hydrogen) atoms. The van der Waals surface area contributed by atoms with Crippen molar-refractivity contribution in [1.82, 2.24) is 10.2 Å². The summed E-state index contributed by atoms with van der Waals surface area (Å²) in [6.45, 7) is 4.16. The summed E-state index contributed by atoms with van der Waals surface area (Å²) in [6, 6.07) is 11.6. The fourth-order valence-electron chi connectivity index (χ4n) is 3.53. The molecular weight excluding hydrogens is 328 g/mol. The Labute approximate surface area is 154 Å². The average molecular weight is 354 g/mol. The number of nitrogens with zero attached hydrogens (tertiary/aromatic N) is 1.